The number of hydrogen-bond donors (Lipinski definition) is 2. The minimum absolute atomic E-state index is 0.165. The van der Waals surface area contributed by atoms with E-state index in [2.05, 4.69) is 40.4 Å². The monoisotopic (exact) mass is 519 g/mol. The van der Waals surface area contributed by atoms with Crippen LogP contribution in [0.4, 0.5) is 0 Å². The van der Waals surface area contributed by atoms with Gasteiger partial charge in [-0.25, -0.2) is 0 Å². The summed E-state index contributed by atoms with van der Waals surface area (Å²) >= 11 is 0. The van der Waals surface area contributed by atoms with E-state index in [-0.39, 0.29) is 24.5 Å². The number of rotatable bonds is 8. The number of esters is 1. The van der Waals surface area contributed by atoms with Crippen LogP contribution < -0.4 is 5.73 Å². The zero-order valence-electron chi connectivity index (χ0n) is 23.8. The molecule has 1 rings (SSSR count). The van der Waals surface area contributed by atoms with Gasteiger partial charge in [-0.05, 0) is 39.5 Å². The van der Waals surface area contributed by atoms with Crippen LogP contribution in [0.25, 0.3) is 0 Å². The first-order valence-corrected chi connectivity index (χ1v) is 15.8. The Morgan fingerprint density at radius 3 is 1.77 bits per heavy atom. The van der Waals surface area contributed by atoms with E-state index in [0.717, 1.165) is 45.8 Å². The average Bonchev–Trinajstić information content (AvgIpc) is 2.66. The van der Waals surface area contributed by atoms with Crippen LogP contribution in [-0.4, -0.2) is 141 Å². The molecule has 0 aromatic heterocycles. The predicted molar refractivity (Wildman–Crippen MR) is 146 cm³/mol. The molecule has 3 N–H and O–H groups in total. The summed E-state index contributed by atoms with van der Waals surface area (Å²) in [6.45, 7) is 24.2. The zero-order valence-corrected chi connectivity index (χ0v) is 24.6. The van der Waals surface area contributed by atoms with Gasteiger partial charge in [-0.3, -0.25) is 19.5 Å². The molecule has 10 heteroatoms. The number of aliphatic hydroxyl groups excluding tert-OH is 1. The van der Waals surface area contributed by atoms with E-state index in [9.17, 15) is 14.5 Å². The number of β-amino-alcohol motifs (C(OH)–C–C–N with tert-alkyl or cyclic N) is 1. The van der Waals surface area contributed by atoms with E-state index in [1.54, 1.807) is 0 Å². The third-order valence-corrected chi connectivity index (χ3v) is 6.76. The van der Waals surface area contributed by atoms with Gasteiger partial charge in [-0.1, -0.05) is 20.8 Å². The first kappa shape index (κ1) is 32.5. The summed E-state index contributed by atoms with van der Waals surface area (Å²) < 4.78 is 18.2. The minimum Gasteiger partial charge on any atom is -0.459 e. The van der Waals surface area contributed by atoms with E-state index in [1.165, 1.54) is 0 Å². The molecule has 0 spiro atoms. The van der Waals surface area contributed by atoms with Crippen molar-refractivity contribution >= 4 is 13.1 Å². The van der Waals surface area contributed by atoms with Crippen molar-refractivity contribution in [3.8, 4) is 0 Å². The highest BCUT2D eigenvalue weighted by atomic mass is 31.2. The first-order valence-electron chi connectivity index (χ1n) is 13.0. The summed E-state index contributed by atoms with van der Waals surface area (Å²) in [5.41, 5.74) is 5.34. The summed E-state index contributed by atoms with van der Waals surface area (Å²) in [6.07, 6.45) is 0.00265. The fourth-order valence-corrected chi connectivity index (χ4v) is 5.55. The molecule has 1 heterocycles. The first-order chi connectivity index (χ1) is 16.0. The number of ether oxygens (including phenoxy) is 1. The van der Waals surface area contributed by atoms with Crippen LogP contribution in [0.2, 0.25) is 0 Å². The van der Waals surface area contributed by atoms with Crippen LogP contribution in [0.5, 0.6) is 0 Å². The molecular weight excluding hydrogens is 465 g/mol. The van der Waals surface area contributed by atoms with Gasteiger partial charge >= 0.3 is 5.97 Å². The summed E-state index contributed by atoms with van der Waals surface area (Å²) in [6, 6.07) is 0. The van der Waals surface area contributed by atoms with Crippen LogP contribution in [0.3, 0.4) is 0 Å². The van der Waals surface area contributed by atoms with Crippen LogP contribution in [0, 0.1) is 5.41 Å². The third kappa shape index (κ3) is 16.8. The van der Waals surface area contributed by atoms with Crippen molar-refractivity contribution in [2.45, 2.75) is 53.2 Å². The van der Waals surface area contributed by atoms with Gasteiger partial charge in [0, 0.05) is 72.0 Å². The van der Waals surface area contributed by atoms with Crippen LogP contribution in [-0.2, 0) is 14.1 Å². The fourth-order valence-electron chi connectivity index (χ4n) is 4.30. The van der Waals surface area contributed by atoms with E-state index in [1.807, 2.05) is 34.1 Å². The minimum atomic E-state index is -2.23. The molecule has 1 saturated heterocycles. The Hall–Kier alpha value is -0.540. The summed E-state index contributed by atoms with van der Waals surface area (Å²) in [5, 5.41) is 10.2. The standard InChI is InChI=1S/C25H54N5O4P/c1-24(2,3)20-29-13-11-27(18-22(31)17-26)9-10-28(19-23(32)34-25(4,5)6)12-15-30(16-14-29)21-35(7,8)33/h22,31H,9-21,26H2,1-8H3. The highest BCUT2D eigenvalue weighted by Gasteiger charge is 2.24. The number of carbonyl (C=O) groups excluding carboxylic acids is 1. The van der Waals surface area contributed by atoms with E-state index in [4.69, 9.17) is 10.5 Å². The summed E-state index contributed by atoms with van der Waals surface area (Å²) in [4.78, 5) is 21.7. The molecule has 0 aromatic carbocycles. The smallest absolute Gasteiger partial charge is 0.320 e. The second-order valence-corrected chi connectivity index (χ2v) is 16.2. The Kier molecular flexibility index (Phi) is 13.4. The van der Waals surface area contributed by atoms with E-state index >= 15 is 0 Å². The topological polar surface area (TPSA) is 103 Å². The highest BCUT2D eigenvalue weighted by molar-refractivity contribution is 7.62. The number of nitrogens with zero attached hydrogens (tertiary/aromatic N) is 4. The molecule has 0 saturated carbocycles. The normalized spacial score (nSPS) is 20.7. The molecule has 1 aliphatic heterocycles. The SMILES string of the molecule is CC(C)(C)CN1CCN(CC(O)CN)CCN(CC(=O)OC(C)(C)C)CCN(CP(C)(C)=O)CC1. The number of nitrogens with two attached hydrogens (primary N) is 1. The Morgan fingerprint density at radius 1 is 0.886 bits per heavy atom. The molecule has 0 aromatic rings. The van der Waals surface area contributed by atoms with Crippen molar-refractivity contribution in [3.63, 3.8) is 0 Å². The number of carbonyl (C=O) groups is 1. The molecule has 0 radical (unpaired) electrons. The molecule has 208 valence electrons. The molecule has 35 heavy (non-hydrogen) atoms. The van der Waals surface area contributed by atoms with Crippen molar-refractivity contribution in [2.75, 3.05) is 98.2 Å². The Bertz CT molecular complexity index is 674. The van der Waals surface area contributed by atoms with Crippen molar-refractivity contribution < 1.29 is 19.2 Å². The van der Waals surface area contributed by atoms with Gasteiger partial charge in [0.05, 0.1) is 26.1 Å². The Balaban J connectivity index is 3.06. The van der Waals surface area contributed by atoms with Gasteiger partial charge < -0.3 is 25.0 Å². The maximum Gasteiger partial charge on any atom is 0.320 e. The zero-order chi connectivity index (χ0) is 26.9. The van der Waals surface area contributed by atoms with Crippen LogP contribution in [0.1, 0.15) is 41.5 Å². The molecule has 0 amide bonds. The second kappa shape index (κ2) is 14.4. The number of aliphatic hydroxyl groups is 1. The van der Waals surface area contributed by atoms with Crippen molar-refractivity contribution in [2.24, 2.45) is 11.1 Å². The van der Waals surface area contributed by atoms with Gasteiger partial charge in [-0.15, -0.1) is 0 Å². The molecule has 0 aliphatic carbocycles. The summed E-state index contributed by atoms with van der Waals surface area (Å²) in [5.74, 6) is -0.238. The molecule has 1 atom stereocenters. The molecule has 0 bridgehead atoms. The molecular formula is C25H54N5O4P. The summed E-state index contributed by atoms with van der Waals surface area (Å²) in [7, 11) is -2.23. The third-order valence-electron chi connectivity index (χ3n) is 5.68. The maximum atomic E-state index is 12.7. The fraction of sp³-hybridized carbons (Fsp3) is 0.960. The van der Waals surface area contributed by atoms with Gasteiger partial charge in [0.15, 0.2) is 0 Å². The van der Waals surface area contributed by atoms with Crippen molar-refractivity contribution in [3.05, 3.63) is 0 Å². The lowest BCUT2D eigenvalue weighted by atomic mass is 9.96. The lowest BCUT2D eigenvalue weighted by molar-refractivity contribution is -0.156. The number of hydrogen-bond acceptors (Lipinski definition) is 9. The van der Waals surface area contributed by atoms with Gasteiger partial charge in [0.25, 0.3) is 0 Å². The Labute approximate surface area is 214 Å². The van der Waals surface area contributed by atoms with Gasteiger partial charge in [0.2, 0.25) is 0 Å². The largest absolute Gasteiger partial charge is 0.459 e. The quantitative estimate of drug-likeness (QED) is 0.365. The van der Waals surface area contributed by atoms with Crippen molar-refractivity contribution in [1.82, 2.24) is 19.6 Å². The van der Waals surface area contributed by atoms with Crippen LogP contribution in [0.15, 0.2) is 0 Å². The maximum absolute atomic E-state index is 12.7. The van der Waals surface area contributed by atoms with Gasteiger partial charge in [0.1, 0.15) is 5.60 Å². The van der Waals surface area contributed by atoms with E-state index in [0.29, 0.717) is 25.9 Å². The second-order valence-electron chi connectivity index (χ2n) is 12.7. The van der Waals surface area contributed by atoms with Crippen molar-refractivity contribution in [1.29, 1.82) is 0 Å². The van der Waals surface area contributed by atoms with Crippen LogP contribution >= 0.6 is 7.14 Å². The molecule has 1 aliphatic rings. The molecule has 1 unspecified atom stereocenters. The van der Waals surface area contributed by atoms with E-state index < -0.39 is 18.8 Å². The van der Waals surface area contributed by atoms with Gasteiger partial charge in [-0.2, -0.15) is 0 Å². The average molecular weight is 520 g/mol. The predicted octanol–water partition coefficient (Wildman–Crippen LogP) is 1.50. The lowest BCUT2D eigenvalue weighted by Gasteiger charge is -2.37. The Morgan fingerprint density at radius 2 is 1.34 bits per heavy atom. The molecule has 9 nitrogen and oxygen atoms in total. The highest BCUT2D eigenvalue weighted by Crippen LogP contribution is 2.36. The molecule has 1 fully saturated rings. The lowest BCUT2D eigenvalue weighted by Crippen LogP contribution is -2.50.